The van der Waals surface area contributed by atoms with Crippen LogP contribution in [0.1, 0.15) is 50.7 Å². The number of para-hydroxylation sites is 1. The maximum Gasteiger partial charge on any atom is 0.115 e. The van der Waals surface area contributed by atoms with Gasteiger partial charge in [0.2, 0.25) is 0 Å². The van der Waals surface area contributed by atoms with Crippen molar-refractivity contribution in [3.05, 3.63) is 65.7 Å². The number of unbranched alkanes of at least 4 members (excludes halogenated alkanes) is 2. The molecule has 0 aromatic heterocycles. The number of benzene rings is 2. The van der Waals surface area contributed by atoms with Gasteiger partial charge in [-0.3, -0.25) is 0 Å². The van der Waals surface area contributed by atoms with Crippen molar-refractivity contribution >= 4 is 0 Å². The lowest BCUT2D eigenvalue weighted by atomic mass is 9.98. The average molecular weight is 284 g/mol. The van der Waals surface area contributed by atoms with Crippen molar-refractivity contribution in [1.29, 1.82) is 0 Å². The lowest BCUT2D eigenvalue weighted by Gasteiger charge is -2.07. The van der Waals surface area contributed by atoms with Crippen molar-refractivity contribution in [3.8, 4) is 5.75 Å². The molecule has 0 amide bonds. The molecule has 1 N–H and O–H groups in total. The van der Waals surface area contributed by atoms with Crippen molar-refractivity contribution < 1.29 is 5.11 Å². The maximum atomic E-state index is 8.63. The van der Waals surface area contributed by atoms with Gasteiger partial charge in [-0.25, -0.2) is 0 Å². The summed E-state index contributed by atoms with van der Waals surface area (Å²) in [4.78, 5) is 0. The van der Waals surface area contributed by atoms with E-state index >= 15 is 0 Å². The highest BCUT2D eigenvalue weighted by Gasteiger charge is 1.99. The van der Waals surface area contributed by atoms with E-state index < -0.39 is 0 Å². The molecule has 0 aliphatic heterocycles. The molecule has 0 saturated carbocycles. The lowest BCUT2D eigenvalue weighted by molar-refractivity contribution is 0.475. The number of rotatable bonds is 6. The molecule has 0 spiro atoms. The number of aryl methyl sites for hydroxylation is 2. The number of phenols is 1. The third kappa shape index (κ3) is 7.55. The summed E-state index contributed by atoms with van der Waals surface area (Å²) in [7, 11) is 0. The summed E-state index contributed by atoms with van der Waals surface area (Å²) >= 11 is 0. The predicted octanol–water partition coefficient (Wildman–Crippen LogP) is 5.76. The first-order valence-corrected chi connectivity index (χ1v) is 8.08. The summed E-state index contributed by atoms with van der Waals surface area (Å²) in [6.45, 7) is 4.52. The van der Waals surface area contributed by atoms with E-state index in [9.17, 15) is 0 Å². The molecule has 0 saturated heterocycles. The molecule has 0 atom stereocenters. The van der Waals surface area contributed by atoms with Gasteiger partial charge in [0.1, 0.15) is 5.75 Å². The van der Waals surface area contributed by atoms with E-state index in [0.717, 1.165) is 0 Å². The zero-order valence-electron chi connectivity index (χ0n) is 13.4. The van der Waals surface area contributed by atoms with Crippen molar-refractivity contribution in [2.45, 2.75) is 52.4 Å². The Morgan fingerprint density at radius 3 is 1.43 bits per heavy atom. The Bertz CT molecular complexity index is 449. The van der Waals surface area contributed by atoms with E-state index in [2.05, 4.69) is 38.1 Å². The fourth-order valence-electron chi connectivity index (χ4n) is 2.21. The third-order valence-electron chi connectivity index (χ3n) is 3.47. The Labute approximate surface area is 129 Å². The fourth-order valence-corrected chi connectivity index (χ4v) is 2.21. The largest absolute Gasteiger partial charge is 0.508 e. The summed E-state index contributed by atoms with van der Waals surface area (Å²) in [5.41, 5.74) is 3.14. The van der Waals surface area contributed by atoms with Gasteiger partial charge in [0, 0.05) is 0 Å². The summed E-state index contributed by atoms with van der Waals surface area (Å²) in [5, 5.41) is 8.63. The molecule has 0 radical (unpaired) electrons. The fraction of sp³-hybridized carbons (Fsp3) is 0.400. The van der Waals surface area contributed by atoms with E-state index in [0.29, 0.717) is 5.75 Å². The van der Waals surface area contributed by atoms with Crippen LogP contribution in [0.2, 0.25) is 0 Å². The highest BCUT2D eigenvalue weighted by atomic mass is 16.3. The lowest BCUT2D eigenvalue weighted by Crippen LogP contribution is -1.94. The Hall–Kier alpha value is -1.76. The van der Waals surface area contributed by atoms with Crippen molar-refractivity contribution in [2.24, 2.45) is 0 Å². The number of hydrogen-bond acceptors (Lipinski definition) is 1. The first-order chi connectivity index (χ1) is 10.3. The van der Waals surface area contributed by atoms with Gasteiger partial charge < -0.3 is 5.11 Å². The van der Waals surface area contributed by atoms with E-state index in [1.807, 2.05) is 6.07 Å². The van der Waals surface area contributed by atoms with Gasteiger partial charge >= 0.3 is 0 Å². The standard InChI is InChI=1S/C14H22.C6H6O/c1-3-5-9-13-11-7-8-12-14(13)10-6-4-2;7-6-4-2-1-3-5-6/h7-8,11-12H,3-6,9-10H2,1-2H3;1-5,7H. The quantitative estimate of drug-likeness (QED) is 0.714. The number of hydrogen-bond donors (Lipinski definition) is 1. The van der Waals surface area contributed by atoms with Crippen LogP contribution >= 0.6 is 0 Å². The van der Waals surface area contributed by atoms with Gasteiger partial charge in [0.15, 0.2) is 0 Å². The molecule has 0 unspecified atom stereocenters. The first kappa shape index (κ1) is 17.3. The monoisotopic (exact) mass is 284 g/mol. The molecule has 0 heterocycles. The van der Waals surface area contributed by atoms with Gasteiger partial charge in [0.05, 0.1) is 0 Å². The van der Waals surface area contributed by atoms with Crippen LogP contribution in [0, 0.1) is 0 Å². The first-order valence-electron chi connectivity index (χ1n) is 8.08. The number of aromatic hydroxyl groups is 1. The Kier molecular flexibility index (Phi) is 9.03. The van der Waals surface area contributed by atoms with E-state index in [4.69, 9.17) is 5.11 Å². The van der Waals surface area contributed by atoms with Crippen LogP contribution in [-0.2, 0) is 12.8 Å². The Morgan fingerprint density at radius 2 is 1.10 bits per heavy atom. The van der Waals surface area contributed by atoms with Crippen molar-refractivity contribution in [3.63, 3.8) is 0 Å². The van der Waals surface area contributed by atoms with Crippen LogP contribution < -0.4 is 0 Å². The summed E-state index contributed by atoms with van der Waals surface area (Å²) in [6, 6.07) is 17.6. The highest BCUT2D eigenvalue weighted by molar-refractivity contribution is 5.27. The van der Waals surface area contributed by atoms with Crippen LogP contribution in [0.4, 0.5) is 0 Å². The zero-order chi connectivity index (χ0) is 15.3. The topological polar surface area (TPSA) is 20.2 Å². The molecule has 114 valence electrons. The Morgan fingerprint density at radius 1 is 0.667 bits per heavy atom. The highest BCUT2D eigenvalue weighted by Crippen LogP contribution is 2.14. The van der Waals surface area contributed by atoms with Gasteiger partial charge in [0.25, 0.3) is 0 Å². The molecule has 1 heteroatoms. The molecular weight excluding hydrogens is 256 g/mol. The van der Waals surface area contributed by atoms with Gasteiger partial charge in [-0.05, 0) is 48.9 Å². The van der Waals surface area contributed by atoms with E-state index in [1.165, 1.54) is 38.5 Å². The average Bonchev–Trinajstić information content (AvgIpc) is 2.53. The van der Waals surface area contributed by atoms with Gasteiger partial charge in [-0.15, -0.1) is 0 Å². The van der Waals surface area contributed by atoms with Gasteiger partial charge in [-0.1, -0.05) is 69.2 Å². The SMILES string of the molecule is CCCCc1ccccc1CCCC.Oc1ccccc1. The normalized spacial score (nSPS) is 9.81. The van der Waals surface area contributed by atoms with Crippen LogP contribution in [0.3, 0.4) is 0 Å². The second-order valence-corrected chi connectivity index (χ2v) is 5.31. The van der Waals surface area contributed by atoms with Crippen LogP contribution in [0.15, 0.2) is 54.6 Å². The molecule has 0 bridgehead atoms. The second-order valence-electron chi connectivity index (χ2n) is 5.31. The minimum absolute atomic E-state index is 0.322. The summed E-state index contributed by atoms with van der Waals surface area (Å²) < 4.78 is 0. The summed E-state index contributed by atoms with van der Waals surface area (Å²) in [6.07, 6.45) is 7.75. The van der Waals surface area contributed by atoms with Gasteiger partial charge in [-0.2, -0.15) is 0 Å². The maximum absolute atomic E-state index is 8.63. The molecule has 1 nitrogen and oxygen atoms in total. The molecule has 21 heavy (non-hydrogen) atoms. The van der Waals surface area contributed by atoms with E-state index in [-0.39, 0.29) is 0 Å². The second kappa shape index (κ2) is 11.0. The van der Waals surface area contributed by atoms with E-state index in [1.54, 1.807) is 35.4 Å². The molecule has 2 rings (SSSR count). The molecular formula is C20H28O. The minimum Gasteiger partial charge on any atom is -0.508 e. The molecule has 2 aromatic carbocycles. The van der Waals surface area contributed by atoms with Crippen LogP contribution in [0.5, 0.6) is 5.75 Å². The Balaban J connectivity index is 0.000000262. The van der Waals surface area contributed by atoms with Crippen LogP contribution in [-0.4, -0.2) is 5.11 Å². The van der Waals surface area contributed by atoms with Crippen LogP contribution in [0.25, 0.3) is 0 Å². The third-order valence-corrected chi connectivity index (χ3v) is 3.47. The van der Waals surface area contributed by atoms with Crippen molar-refractivity contribution in [1.82, 2.24) is 0 Å². The zero-order valence-corrected chi connectivity index (χ0v) is 13.4. The molecule has 0 aliphatic rings. The minimum atomic E-state index is 0.322. The van der Waals surface area contributed by atoms with Crippen molar-refractivity contribution in [2.75, 3.05) is 0 Å². The molecule has 0 fully saturated rings. The number of phenolic OH excluding ortho intramolecular Hbond substituents is 1. The smallest absolute Gasteiger partial charge is 0.115 e. The molecule has 0 aliphatic carbocycles. The summed E-state index contributed by atoms with van der Waals surface area (Å²) in [5.74, 6) is 0.322. The predicted molar refractivity (Wildman–Crippen MR) is 91.8 cm³/mol. The molecule has 2 aromatic rings.